The maximum atomic E-state index is 13.1. The predicted molar refractivity (Wildman–Crippen MR) is 189 cm³/mol. The number of aromatic nitrogens is 2. The Kier molecular flexibility index (Phi) is 9.36. The third kappa shape index (κ3) is 6.49. The molecule has 0 saturated carbocycles. The fraction of sp³-hybridized carbons (Fsp3) is 0.243. The van der Waals surface area contributed by atoms with E-state index < -0.39 is 0 Å². The van der Waals surface area contributed by atoms with Crippen LogP contribution in [0, 0.1) is 13.8 Å². The number of nitrogens with one attached hydrogen (secondary N) is 2. The molecule has 6 aromatic rings. The topological polar surface area (TPSA) is 110 Å². The van der Waals surface area contributed by atoms with E-state index in [2.05, 4.69) is 10.6 Å². The summed E-state index contributed by atoms with van der Waals surface area (Å²) in [6.45, 7) is 4.98. The third-order valence-corrected chi connectivity index (χ3v) is 9.14. The molecule has 0 fully saturated rings. The fourth-order valence-corrected chi connectivity index (χ4v) is 6.34. The Morgan fingerprint density at radius 3 is 1.54 bits per heavy atom. The van der Waals surface area contributed by atoms with Crippen molar-refractivity contribution in [2.75, 3.05) is 13.1 Å². The Morgan fingerprint density at radius 2 is 1.11 bits per heavy atom. The van der Waals surface area contributed by atoms with Crippen molar-refractivity contribution in [3.8, 4) is 0 Å². The van der Waals surface area contributed by atoms with Crippen molar-refractivity contribution in [2.45, 2.75) is 45.6 Å². The molecule has 0 aliphatic heterocycles. The summed E-state index contributed by atoms with van der Waals surface area (Å²) in [5.41, 5.74) is 12.4. The quantitative estimate of drug-likeness (QED) is 0.102. The standard InChI is InChI=1S/C37H35Cl2N5O2/c1-21-13-15-30(38)28-19-23-7-3-11-26(34(23)43-32(21)28)36(45)41-17-5-9-25(40)10-6-18-42-37(46)27-12-4-8-24-20-29-31(39)16-14-22(2)33(29)44-35(24)27/h3-4,7-8,11-16,19-20,25H,5-6,9-10,17-18,40H2,1-2H3,(H,41,45)(H,42,46). The molecule has 234 valence electrons. The van der Waals surface area contributed by atoms with Gasteiger partial charge in [-0.25, -0.2) is 9.97 Å². The van der Waals surface area contributed by atoms with E-state index in [0.29, 0.717) is 45.3 Å². The van der Waals surface area contributed by atoms with Gasteiger partial charge in [-0.2, -0.15) is 0 Å². The van der Waals surface area contributed by atoms with Crippen molar-refractivity contribution in [3.63, 3.8) is 0 Å². The van der Waals surface area contributed by atoms with E-state index in [0.717, 1.165) is 69.4 Å². The number of aryl methyl sites for hydroxylation is 2. The number of hydrogen-bond acceptors (Lipinski definition) is 5. The molecule has 6 rings (SSSR count). The molecule has 0 saturated heterocycles. The minimum atomic E-state index is -0.164. The molecule has 2 aromatic heterocycles. The van der Waals surface area contributed by atoms with Crippen LogP contribution in [0.15, 0.2) is 72.8 Å². The molecule has 7 nitrogen and oxygen atoms in total. The summed E-state index contributed by atoms with van der Waals surface area (Å²) in [4.78, 5) is 35.8. The summed E-state index contributed by atoms with van der Waals surface area (Å²) in [5, 5.41) is 10.8. The normalized spacial score (nSPS) is 11.6. The molecule has 46 heavy (non-hydrogen) atoms. The van der Waals surface area contributed by atoms with E-state index in [1.165, 1.54) is 0 Å². The van der Waals surface area contributed by atoms with Gasteiger partial charge in [0.15, 0.2) is 0 Å². The number of amides is 2. The van der Waals surface area contributed by atoms with Crippen LogP contribution in [0.2, 0.25) is 10.0 Å². The largest absolute Gasteiger partial charge is 0.352 e. The van der Waals surface area contributed by atoms with Gasteiger partial charge in [0, 0.05) is 50.7 Å². The molecule has 0 aliphatic carbocycles. The second-order valence-corrected chi connectivity index (χ2v) is 12.6. The fourth-order valence-electron chi connectivity index (χ4n) is 5.93. The zero-order chi connectivity index (χ0) is 32.4. The lowest BCUT2D eigenvalue weighted by Crippen LogP contribution is -2.29. The predicted octanol–water partition coefficient (Wildman–Crippen LogP) is 8.06. The number of para-hydroxylation sites is 2. The Morgan fingerprint density at radius 1 is 0.674 bits per heavy atom. The molecule has 0 spiro atoms. The minimum absolute atomic E-state index is 0.0366. The second kappa shape index (κ2) is 13.6. The highest BCUT2D eigenvalue weighted by atomic mass is 35.5. The molecule has 0 unspecified atom stereocenters. The number of rotatable bonds is 10. The SMILES string of the molecule is Cc1ccc(Cl)c2cc3cccc(C(=O)NCCCC(N)CCCNC(=O)c4cccc5cc6c(Cl)ccc(C)c6nc45)c3nc12. The Balaban J connectivity index is 0.985. The highest BCUT2D eigenvalue weighted by Crippen LogP contribution is 2.31. The zero-order valence-electron chi connectivity index (χ0n) is 25.8. The molecule has 4 N–H and O–H groups in total. The highest BCUT2D eigenvalue weighted by molar-refractivity contribution is 6.36. The average Bonchev–Trinajstić information content (AvgIpc) is 3.06. The van der Waals surface area contributed by atoms with Gasteiger partial charge in [-0.05, 0) is 87.1 Å². The summed E-state index contributed by atoms with van der Waals surface area (Å²) in [6.07, 6.45) is 3.00. The van der Waals surface area contributed by atoms with E-state index in [-0.39, 0.29) is 17.9 Å². The summed E-state index contributed by atoms with van der Waals surface area (Å²) in [5.74, 6) is -0.329. The summed E-state index contributed by atoms with van der Waals surface area (Å²) < 4.78 is 0. The van der Waals surface area contributed by atoms with Gasteiger partial charge in [0.1, 0.15) is 0 Å². The van der Waals surface area contributed by atoms with Crippen LogP contribution >= 0.6 is 23.2 Å². The Bertz CT molecular complexity index is 1980. The number of pyridine rings is 2. The number of hydrogen-bond donors (Lipinski definition) is 3. The van der Waals surface area contributed by atoms with E-state index in [9.17, 15) is 9.59 Å². The molecule has 9 heteroatoms. The number of nitrogens with zero attached hydrogens (tertiary/aromatic N) is 2. The highest BCUT2D eigenvalue weighted by Gasteiger charge is 2.16. The van der Waals surface area contributed by atoms with Gasteiger partial charge in [-0.15, -0.1) is 0 Å². The lowest BCUT2D eigenvalue weighted by Gasteiger charge is -2.13. The van der Waals surface area contributed by atoms with Crippen molar-refractivity contribution < 1.29 is 9.59 Å². The van der Waals surface area contributed by atoms with Crippen molar-refractivity contribution >= 4 is 78.6 Å². The van der Waals surface area contributed by atoms with E-state index >= 15 is 0 Å². The molecule has 2 amide bonds. The monoisotopic (exact) mass is 651 g/mol. The smallest absolute Gasteiger partial charge is 0.253 e. The van der Waals surface area contributed by atoms with Gasteiger partial charge >= 0.3 is 0 Å². The molecule has 4 aromatic carbocycles. The third-order valence-electron chi connectivity index (χ3n) is 8.48. The second-order valence-electron chi connectivity index (χ2n) is 11.8. The van der Waals surface area contributed by atoms with Crippen LogP contribution < -0.4 is 16.4 Å². The van der Waals surface area contributed by atoms with Crippen molar-refractivity contribution in [1.29, 1.82) is 0 Å². The number of fused-ring (bicyclic) bond motifs is 4. The molecule has 0 atom stereocenters. The van der Waals surface area contributed by atoms with Crippen LogP contribution in [0.4, 0.5) is 0 Å². The van der Waals surface area contributed by atoms with E-state index in [1.54, 1.807) is 12.1 Å². The number of carbonyl (C=O) groups is 2. The van der Waals surface area contributed by atoms with Crippen LogP contribution in [0.25, 0.3) is 43.6 Å². The summed E-state index contributed by atoms with van der Waals surface area (Å²) in [7, 11) is 0. The number of halogens is 2. The maximum Gasteiger partial charge on any atom is 0.253 e. The van der Waals surface area contributed by atoms with Gasteiger partial charge in [0.2, 0.25) is 0 Å². The van der Waals surface area contributed by atoms with Crippen molar-refractivity contribution in [2.24, 2.45) is 5.73 Å². The van der Waals surface area contributed by atoms with Gasteiger partial charge in [0.05, 0.1) is 33.2 Å². The van der Waals surface area contributed by atoms with Crippen LogP contribution in [-0.2, 0) is 0 Å². The number of carbonyl (C=O) groups excluding carboxylic acids is 2. The first-order valence-corrected chi connectivity index (χ1v) is 16.3. The molecular formula is C37H35Cl2N5O2. The van der Waals surface area contributed by atoms with Crippen LogP contribution in [0.1, 0.15) is 57.5 Å². The summed E-state index contributed by atoms with van der Waals surface area (Å²) in [6, 6.07) is 22.7. The van der Waals surface area contributed by atoms with E-state index in [1.807, 2.05) is 74.5 Å². The van der Waals surface area contributed by atoms with Gasteiger partial charge in [0.25, 0.3) is 11.8 Å². The number of benzene rings is 4. The van der Waals surface area contributed by atoms with Gasteiger partial charge < -0.3 is 16.4 Å². The number of nitrogens with two attached hydrogens (primary N) is 1. The lowest BCUT2D eigenvalue weighted by molar-refractivity contribution is 0.0947. The molecule has 0 radical (unpaired) electrons. The first kappa shape index (κ1) is 31.7. The molecule has 0 bridgehead atoms. The lowest BCUT2D eigenvalue weighted by atomic mass is 10.0. The van der Waals surface area contributed by atoms with Gasteiger partial charge in [-0.1, -0.05) is 59.6 Å². The zero-order valence-corrected chi connectivity index (χ0v) is 27.3. The average molecular weight is 653 g/mol. The summed E-state index contributed by atoms with van der Waals surface area (Å²) >= 11 is 12.8. The Labute approximate surface area is 277 Å². The van der Waals surface area contributed by atoms with Crippen LogP contribution in [0.3, 0.4) is 0 Å². The first-order chi connectivity index (χ1) is 22.2. The Hall–Kier alpha value is -4.30. The van der Waals surface area contributed by atoms with Crippen LogP contribution in [-0.4, -0.2) is 40.9 Å². The first-order valence-electron chi connectivity index (χ1n) is 15.5. The maximum absolute atomic E-state index is 13.1. The van der Waals surface area contributed by atoms with Crippen molar-refractivity contribution in [1.82, 2.24) is 20.6 Å². The molecule has 2 heterocycles. The van der Waals surface area contributed by atoms with E-state index in [4.69, 9.17) is 38.9 Å². The van der Waals surface area contributed by atoms with Gasteiger partial charge in [-0.3, -0.25) is 9.59 Å². The van der Waals surface area contributed by atoms with Crippen LogP contribution in [0.5, 0.6) is 0 Å². The molecular weight excluding hydrogens is 617 g/mol. The van der Waals surface area contributed by atoms with Crippen molar-refractivity contribution in [3.05, 3.63) is 105 Å². The molecule has 0 aliphatic rings. The minimum Gasteiger partial charge on any atom is -0.352 e.